The van der Waals surface area contributed by atoms with Crippen molar-refractivity contribution in [2.75, 3.05) is 19.7 Å². The van der Waals surface area contributed by atoms with Gasteiger partial charge in [-0.25, -0.2) is 5.90 Å². The Bertz CT molecular complexity index is 1080. The second kappa shape index (κ2) is 10.5. The molecule has 0 fully saturated rings. The van der Waals surface area contributed by atoms with E-state index in [0.717, 1.165) is 35.0 Å². The number of fused-ring (bicyclic) bond motifs is 3. The predicted octanol–water partition coefficient (Wildman–Crippen LogP) is 2.93. The maximum atomic E-state index is 11.9. The van der Waals surface area contributed by atoms with Gasteiger partial charge in [0, 0.05) is 41.1 Å². The molecule has 4 N–H and O–H groups in total. The van der Waals surface area contributed by atoms with Crippen LogP contribution in [-0.2, 0) is 25.6 Å². The molecule has 8 nitrogen and oxygen atoms in total. The molecule has 4 rings (SSSR count). The highest BCUT2D eigenvalue weighted by Gasteiger charge is 2.32. The number of carbonyl (C=O) groups excluding carboxylic acids is 2. The van der Waals surface area contributed by atoms with Crippen LogP contribution in [-0.4, -0.2) is 54.1 Å². The number of nitrogens with two attached hydrogens (primary N) is 1. The Morgan fingerprint density at radius 2 is 2.30 bits per heavy atom. The van der Waals surface area contributed by atoms with E-state index in [1.807, 2.05) is 35.3 Å². The number of H-pyrrole nitrogens is 1. The fraction of sp³-hybridized carbons (Fsp3) is 0.417. The fourth-order valence-electron chi connectivity index (χ4n) is 4.42. The Labute approximate surface area is 197 Å². The summed E-state index contributed by atoms with van der Waals surface area (Å²) < 4.78 is 5.93. The molecule has 2 amide bonds. The van der Waals surface area contributed by atoms with Crippen LogP contribution in [0.4, 0.5) is 0 Å². The molecule has 0 saturated carbocycles. The van der Waals surface area contributed by atoms with Gasteiger partial charge in [0.2, 0.25) is 12.3 Å². The van der Waals surface area contributed by atoms with E-state index in [-0.39, 0.29) is 24.7 Å². The number of hydrogen-bond donors (Lipinski definition) is 3. The Hall–Kier alpha value is -2.65. The first-order chi connectivity index (χ1) is 16.0. The largest absolute Gasteiger partial charge is 0.371 e. The zero-order valence-electron chi connectivity index (χ0n) is 18.6. The lowest BCUT2D eigenvalue weighted by molar-refractivity contribution is -0.122. The molecule has 1 aliphatic heterocycles. The van der Waals surface area contributed by atoms with Crippen LogP contribution in [0.2, 0.25) is 5.02 Å². The SMILES string of the molecule is CCC(=O)NCC(COC1C=CC(C2c3[nH]c4ccc(Cl)cc4c3CCN2C=O)=CC1)ON. The van der Waals surface area contributed by atoms with E-state index in [1.54, 1.807) is 6.92 Å². The van der Waals surface area contributed by atoms with E-state index in [2.05, 4.69) is 16.4 Å². The molecule has 3 atom stereocenters. The number of halogens is 1. The summed E-state index contributed by atoms with van der Waals surface area (Å²) in [6.45, 7) is 2.98. The van der Waals surface area contributed by atoms with Crippen LogP contribution in [0.1, 0.15) is 37.1 Å². The number of benzene rings is 1. The quantitative estimate of drug-likeness (QED) is 0.384. The monoisotopic (exact) mass is 472 g/mol. The minimum Gasteiger partial charge on any atom is -0.371 e. The van der Waals surface area contributed by atoms with Crippen molar-refractivity contribution in [1.82, 2.24) is 15.2 Å². The molecule has 0 saturated heterocycles. The van der Waals surface area contributed by atoms with Gasteiger partial charge in [-0.1, -0.05) is 36.8 Å². The van der Waals surface area contributed by atoms with Gasteiger partial charge in [-0.15, -0.1) is 0 Å². The van der Waals surface area contributed by atoms with Gasteiger partial charge in [0.15, 0.2) is 0 Å². The minimum atomic E-state index is -0.427. The number of carbonyl (C=O) groups is 2. The number of nitrogens with zero attached hydrogens (tertiary/aromatic N) is 1. The molecule has 9 heteroatoms. The average Bonchev–Trinajstić information content (AvgIpc) is 3.21. The molecule has 2 aliphatic rings. The Balaban J connectivity index is 1.45. The molecule has 2 aromatic rings. The van der Waals surface area contributed by atoms with Gasteiger partial charge < -0.3 is 19.9 Å². The Morgan fingerprint density at radius 1 is 1.45 bits per heavy atom. The lowest BCUT2D eigenvalue weighted by atomic mass is 9.89. The third-order valence-electron chi connectivity index (χ3n) is 6.20. The molecule has 0 spiro atoms. The first-order valence-electron chi connectivity index (χ1n) is 11.2. The summed E-state index contributed by atoms with van der Waals surface area (Å²) in [6.07, 6.45) is 8.31. The summed E-state index contributed by atoms with van der Waals surface area (Å²) in [5.74, 6) is 5.28. The zero-order valence-corrected chi connectivity index (χ0v) is 19.3. The van der Waals surface area contributed by atoms with Crippen LogP contribution in [0.25, 0.3) is 10.9 Å². The summed E-state index contributed by atoms with van der Waals surface area (Å²) in [5, 5.41) is 4.56. The van der Waals surface area contributed by atoms with E-state index >= 15 is 0 Å². The zero-order chi connectivity index (χ0) is 23.4. The lowest BCUT2D eigenvalue weighted by Gasteiger charge is -2.35. The van der Waals surface area contributed by atoms with Crippen molar-refractivity contribution < 1.29 is 19.2 Å². The molecular weight excluding hydrogens is 444 g/mol. The van der Waals surface area contributed by atoms with Gasteiger partial charge in [0.05, 0.1) is 18.8 Å². The Morgan fingerprint density at radius 3 is 3.00 bits per heavy atom. The highest BCUT2D eigenvalue weighted by Crippen LogP contribution is 2.39. The van der Waals surface area contributed by atoms with E-state index in [9.17, 15) is 9.59 Å². The van der Waals surface area contributed by atoms with Crippen LogP contribution < -0.4 is 11.2 Å². The van der Waals surface area contributed by atoms with E-state index in [0.29, 0.717) is 31.0 Å². The number of aromatic nitrogens is 1. The van der Waals surface area contributed by atoms with Crippen molar-refractivity contribution in [2.24, 2.45) is 5.90 Å². The number of aromatic amines is 1. The van der Waals surface area contributed by atoms with Crippen molar-refractivity contribution in [3.63, 3.8) is 0 Å². The lowest BCUT2D eigenvalue weighted by Crippen LogP contribution is -2.38. The topological polar surface area (TPSA) is 110 Å². The highest BCUT2D eigenvalue weighted by atomic mass is 35.5. The molecule has 2 heterocycles. The second-order valence-corrected chi connectivity index (χ2v) is 8.73. The average molecular weight is 473 g/mol. The van der Waals surface area contributed by atoms with Gasteiger partial charge in [0.1, 0.15) is 6.10 Å². The van der Waals surface area contributed by atoms with E-state index < -0.39 is 6.10 Å². The van der Waals surface area contributed by atoms with Crippen molar-refractivity contribution >= 4 is 34.8 Å². The van der Waals surface area contributed by atoms with Crippen LogP contribution in [0, 0.1) is 0 Å². The minimum absolute atomic E-state index is 0.0620. The summed E-state index contributed by atoms with van der Waals surface area (Å²) in [6, 6.07) is 5.64. The first-order valence-corrected chi connectivity index (χ1v) is 11.5. The number of rotatable bonds is 9. The molecule has 3 unspecified atom stereocenters. The van der Waals surface area contributed by atoms with Gasteiger partial charge in [0.25, 0.3) is 0 Å². The molecule has 1 aromatic heterocycles. The molecule has 0 bridgehead atoms. The van der Waals surface area contributed by atoms with Crippen LogP contribution in [0.15, 0.2) is 42.0 Å². The molecule has 1 aliphatic carbocycles. The van der Waals surface area contributed by atoms with Crippen LogP contribution in [0.5, 0.6) is 0 Å². The van der Waals surface area contributed by atoms with Crippen molar-refractivity contribution in [3.05, 3.63) is 58.3 Å². The first kappa shape index (κ1) is 23.5. The van der Waals surface area contributed by atoms with Crippen molar-refractivity contribution in [3.8, 4) is 0 Å². The van der Waals surface area contributed by atoms with E-state index in [4.69, 9.17) is 27.1 Å². The second-order valence-electron chi connectivity index (χ2n) is 8.29. The number of amides is 2. The Kier molecular flexibility index (Phi) is 7.49. The smallest absolute Gasteiger partial charge is 0.219 e. The molecular formula is C24H29ClN4O4. The molecule has 33 heavy (non-hydrogen) atoms. The number of nitrogens with one attached hydrogen (secondary N) is 2. The maximum Gasteiger partial charge on any atom is 0.219 e. The van der Waals surface area contributed by atoms with Gasteiger partial charge >= 0.3 is 0 Å². The van der Waals surface area contributed by atoms with Crippen LogP contribution in [0.3, 0.4) is 0 Å². The fourth-order valence-corrected chi connectivity index (χ4v) is 4.60. The third kappa shape index (κ3) is 5.14. The van der Waals surface area contributed by atoms with Gasteiger partial charge in [-0.05, 0) is 42.2 Å². The number of hydrogen-bond acceptors (Lipinski definition) is 5. The highest BCUT2D eigenvalue weighted by molar-refractivity contribution is 6.31. The van der Waals surface area contributed by atoms with Crippen LogP contribution >= 0.6 is 11.6 Å². The maximum absolute atomic E-state index is 11.9. The molecule has 1 aromatic carbocycles. The number of ether oxygens (including phenoxy) is 1. The normalized spacial score (nSPS) is 20.9. The predicted molar refractivity (Wildman–Crippen MR) is 126 cm³/mol. The third-order valence-corrected chi connectivity index (χ3v) is 6.44. The van der Waals surface area contributed by atoms with E-state index in [1.165, 1.54) is 5.56 Å². The van der Waals surface area contributed by atoms with Crippen molar-refractivity contribution in [2.45, 2.75) is 44.4 Å². The molecule has 176 valence electrons. The standard InChI is InChI=1S/C24H29ClN4O4/c1-2-22(31)27-12-18(33-26)13-32-17-6-3-15(4-7-17)24-23-19(9-10-29(24)14-30)20-11-16(25)5-8-21(20)28-23/h3-6,8,11,14,17-18,24,28H,2,7,9-10,12-13,26H2,1H3,(H,27,31). The summed E-state index contributed by atoms with van der Waals surface area (Å²) in [4.78, 5) is 33.5. The van der Waals surface area contributed by atoms with Crippen molar-refractivity contribution in [1.29, 1.82) is 0 Å². The summed E-state index contributed by atoms with van der Waals surface area (Å²) in [5.41, 5.74) is 4.30. The van der Waals surface area contributed by atoms with Gasteiger partial charge in [-0.3, -0.25) is 14.4 Å². The molecule has 0 radical (unpaired) electrons. The van der Waals surface area contributed by atoms with Gasteiger partial charge in [-0.2, -0.15) is 0 Å². The summed E-state index contributed by atoms with van der Waals surface area (Å²) >= 11 is 6.23. The summed E-state index contributed by atoms with van der Waals surface area (Å²) in [7, 11) is 0.